The number of esters is 2. The van der Waals surface area contributed by atoms with Crippen LogP contribution in [0.4, 0.5) is 0 Å². The smallest absolute Gasteiger partial charge is 0.462 e. The van der Waals surface area contributed by atoms with E-state index >= 15 is 0 Å². The Morgan fingerprint density at radius 1 is 0.471 bits per heavy atom. The van der Waals surface area contributed by atoms with Gasteiger partial charge in [0.25, 0.3) is 0 Å². The maximum absolute atomic E-state index is 12.8. The molecule has 392 valence electrons. The summed E-state index contributed by atoms with van der Waals surface area (Å²) < 4.78 is 34.5. The number of unbranched alkanes of at least 4 members (excludes halogenated alkanes) is 21. The molecule has 0 aliphatic carbocycles. The second-order valence-electron chi connectivity index (χ2n) is 19.2. The number of nitrogens with zero attached hydrogens (tertiary/aromatic N) is 1. The van der Waals surface area contributed by atoms with Crippen LogP contribution in [-0.4, -0.2) is 74.9 Å². The first-order chi connectivity index (χ1) is 33.0. The molecule has 0 bridgehead atoms. The highest BCUT2D eigenvalue weighted by molar-refractivity contribution is 7.47. The summed E-state index contributed by atoms with van der Waals surface area (Å²) in [5, 5.41) is 0. The van der Waals surface area contributed by atoms with Gasteiger partial charge in [-0.2, -0.15) is 0 Å². The molecule has 0 fully saturated rings. The molecular formula is C58H103NO8P+. The van der Waals surface area contributed by atoms with Crippen molar-refractivity contribution in [2.24, 2.45) is 0 Å². The van der Waals surface area contributed by atoms with Crippen LogP contribution in [0, 0.1) is 0 Å². The molecule has 0 radical (unpaired) electrons. The molecule has 10 heteroatoms. The van der Waals surface area contributed by atoms with Crippen LogP contribution in [-0.2, 0) is 32.7 Å². The third-order valence-electron chi connectivity index (χ3n) is 11.4. The number of ether oxygens (including phenoxy) is 2. The summed E-state index contributed by atoms with van der Waals surface area (Å²) in [5.41, 5.74) is 0. The highest BCUT2D eigenvalue weighted by Gasteiger charge is 2.27. The second-order valence-corrected chi connectivity index (χ2v) is 20.7. The van der Waals surface area contributed by atoms with Crippen molar-refractivity contribution in [1.82, 2.24) is 0 Å². The number of phosphoric acid groups is 1. The number of likely N-dealkylation sites (N-methyl/N-ethyl adjacent to an activating group) is 1. The summed E-state index contributed by atoms with van der Waals surface area (Å²) in [4.78, 5) is 35.6. The Kier molecular flexibility index (Phi) is 47.2. The quantitative estimate of drug-likeness (QED) is 0.0211. The van der Waals surface area contributed by atoms with Crippen molar-refractivity contribution in [2.75, 3.05) is 47.5 Å². The van der Waals surface area contributed by atoms with Gasteiger partial charge in [-0.25, -0.2) is 4.57 Å². The van der Waals surface area contributed by atoms with Gasteiger partial charge in [0.1, 0.15) is 19.8 Å². The lowest BCUT2D eigenvalue weighted by atomic mass is 10.0. The molecule has 2 unspecified atom stereocenters. The van der Waals surface area contributed by atoms with Crippen LogP contribution in [0.5, 0.6) is 0 Å². The fraction of sp³-hybridized carbons (Fsp3) is 0.724. The molecule has 0 aromatic carbocycles. The highest BCUT2D eigenvalue weighted by atomic mass is 31.2. The third-order valence-corrected chi connectivity index (χ3v) is 12.4. The molecule has 0 saturated carbocycles. The van der Waals surface area contributed by atoms with Crippen LogP contribution in [0.1, 0.15) is 219 Å². The Bertz CT molecular complexity index is 1420. The Hall–Kier alpha value is -2.81. The van der Waals surface area contributed by atoms with Gasteiger partial charge in [0.05, 0.1) is 27.7 Å². The van der Waals surface area contributed by atoms with Gasteiger partial charge in [0.15, 0.2) is 6.10 Å². The van der Waals surface area contributed by atoms with Crippen molar-refractivity contribution in [3.8, 4) is 0 Å². The Morgan fingerprint density at radius 3 is 1.25 bits per heavy atom. The molecule has 0 aliphatic heterocycles. The van der Waals surface area contributed by atoms with Crippen molar-refractivity contribution in [1.29, 1.82) is 0 Å². The molecule has 9 nitrogen and oxygen atoms in total. The minimum atomic E-state index is -4.39. The van der Waals surface area contributed by atoms with Gasteiger partial charge in [-0.3, -0.25) is 18.6 Å². The van der Waals surface area contributed by atoms with Crippen LogP contribution in [0.3, 0.4) is 0 Å². The van der Waals surface area contributed by atoms with E-state index in [0.29, 0.717) is 17.4 Å². The lowest BCUT2D eigenvalue weighted by Gasteiger charge is -2.24. The number of hydrogen-bond donors (Lipinski definition) is 1. The molecule has 0 heterocycles. The minimum absolute atomic E-state index is 0.0262. The van der Waals surface area contributed by atoms with Gasteiger partial charge in [-0.1, -0.05) is 202 Å². The van der Waals surface area contributed by atoms with E-state index < -0.39 is 26.5 Å². The summed E-state index contributed by atoms with van der Waals surface area (Å²) in [6, 6.07) is 0. The molecule has 0 spiro atoms. The molecule has 0 rings (SSSR count). The Labute approximate surface area is 418 Å². The summed E-state index contributed by atoms with van der Waals surface area (Å²) >= 11 is 0. The minimum Gasteiger partial charge on any atom is -0.462 e. The molecular weight excluding hydrogens is 870 g/mol. The zero-order chi connectivity index (χ0) is 49.9. The molecule has 0 saturated heterocycles. The number of allylic oxidation sites excluding steroid dienone is 14. The van der Waals surface area contributed by atoms with Gasteiger partial charge in [-0.15, -0.1) is 0 Å². The molecule has 1 N–H and O–H groups in total. The maximum Gasteiger partial charge on any atom is 0.472 e. The average molecular weight is 973 g/mol. The molecule has 68 heavy (non-hydrogen) atoms. The largest absolute Gasteiger partial charge is 0.472 e. The Morgan fingerprint density at radius 2 is 0.838 bits per heavy atom. The predicted octanol–water partition coefficient (Wildman–Crippen LogP) is 16.7. The molecule has 0 aliphatic rings. The van der Waals surface area contributed by atoms with E-state index in [1.54, 1.807) is 0 Å². The van der Waals surface area contributed by atoms with Crippen LogP contribution < -0.4 is 0 Å². The van der Waals surface area contributed by atoms with Gasteiger partial charge >= 0.3 is 19.8 Å². The predicted molar refractivity (Wildman–Crippen MR) is 289 cm³/mol. The van der Waals surface area contributed by atoms with Gasteiger partial charge < -0.3 is 18.9 Å². The van der Waals surface area contributed by atoms with E-state index in [9.17, 15) is 19.0 Å². The van der Waals surface area contributed by atoms with Crippen molar-refractivity contribution in [3.63, 3.8) is 0 Å². The average Bonchev–Trinajstić information content (AvgIpc) is 3.30. The van der Waals surface area contributed by atoms with Crippen LogP contribution >= 0.6 is 7.82 Å². The number of carbonyl (C=O) groups is 2. The number of phosphoric ester groups is 1. The van der Waals surface area contributed by atoms with E-state index in [1.165, 1.54) is 89.9 Å². The van der Waals surface area contributed by atoms with Gasteiger partial charge in [0.2, 0.25) is 0 Å². The van der Waals surface area contributed by atoms with Crippen molar-refractivity contribution in [2.45, 2.75) is 225 Å². The normalized spacial score (nSPS) is 14.0. The molecule has 0 amide bonds. The molecule has 0 aromatic rings. The van der Waals surface area contributed by atoms with Gasteiger partial charge in [-0.05, 0) is 89.9 Å². The van der Waals surface area contributed by atoms with E-state index in [2.05, 4.69) is 98.9 Å². The topological polar surface area (TPSA) is 108 Å². The number of hydrogen-bond acceptors (Lipinski definition) is 7. The first-order valence-electron chi connectivity index (χ1n) is 27.3. The first-order valence-corrected chi connectivity index (χ1v) is 28.8. The fourth-order valence-corrected chi connectivity index (χ4v) is 7.93. The first kappa shape index (κ1) is 65.2. The third kappa shape index (κ3) is 52.6. The van der Waals surface area contributed by atoms with Crippen molar-refractivity contribution in [3.05, 3.63) is 85.1 Å². The molecule has 0 aromatic heterocycles. The van der Waals surface area contributed by atoms with E-state index in [0.717, 1.165) is 96.3 Å². The van der Waals surface area contributed by atoms with E-state index in [1.807, 2.05) is 21.1 Å². The monoisotopic (exact) mass is 973 g/mol. The SMILES string of the molecule is CC/C=C\C/C=C\C/C=C\C/C=C\C/C=C\CCCCCCCCCCCCCC(=O)OC(COC(=O)CCCCCCCCC/C=C\C/C=C\CCCCC)COP(=O)(O)OCC[N+](C)(C)C. The van der Waals surface area contributed by atoms with Crippen LogP contribution in [0.25, 0.3) is 0 Å². The number of carbonyl (C=O) groups excluding carboxylic acids is 2. The van der Waals surface area contributed by atoms with Crippen LogP contribution in [0.15, 0.2) is 85.1 Å². The summed E-state index contributed by atoms with van der Waals surface area (Å²) in [6.07, 6.45) is 64.9. The zero-order valence-corrected chi connectivity index (χ0v) is 45.2. The summed E-state index contributed by atoms with van der Waals surface area (Å²) in [5.74, 6) is -0.812. The standard InChI is InChI=1S/C58H102NO8P/c1-6-8-10-12-14-16-18-20-22-24-25-26-27-28-29-30-31-32-33-35-37-39-41-43-45-47-49-51-58(61)67-56(55-66-68(62,63)65-53-52-59(3,4)5)54-64-57(60)50-48-46-44-42-40-38-36-34-23-21-19-17-15-13-11-9-7-2/h8,10,14-17,20-23,25-26,28-29,56H,6-7,9,11-13,18-19,24,27,30-55H2,1-5H3/p+1/b10-8-,16-14-,17-15-,22-20-,23-21-,26-25-,29-28-. The van der Waals surface area contributed by atoms with E-state index in [-0.39, 0.29) is 32.0 Å². The van der Waals surface area contributed by atoms with Crippen molar-refractivity contribution >= 4 is 19.8 Å². The van der Waals surface area contributed by atoms with Gasteiger partial charge in [0, 0.05) is 12.8 Å². The Balaban J connectivity index is 4.21. The van der Waals surface area contributed by atoms with Crippen molar-refractivity contribution < 1.29 is 42.1 Å². The fourth-order valence-electron chi connectivity index (χ4n) is 7.19. The lowest BCUT2D eigenvalue weighted by Crippen LogP contribution is -2.37. The van der Waals surface area contributed by atoms with Crippen LogP contribution in [0.2, 0.25) is 0 Å². The second kappa shape index (κ2) is 49.2. The molecule has 2 atom stereocenters. The summed E-state index contributed by atoms with van der Waals surface area (Å²) in [7, 11) is 1.46. The van der Waals surface area contributed by atoms with E-state index in [4.69, 9.17) is 18.5 Å². The summed E-state index contributed by atoms with van der Waals surface area (Å²) in [6.45, 7) is 4.28. The number of rotatable bonds is 49. The zero-order valence-electron chi connectivity index (χ0n) is 44.3. The number of quaternary nitrogens is 1. The maximum atomic E-state index is 12.8. The lowest BCUT2D eigenvalue weighted by molar-refractivity contribution is -0.870. The highest BCUT2D eigenvalue weighted by Crippen LogP contribution is 2.43.